The van der Waals surface area contributed by atoms with Crippen molar-refractivity contribution < 1.29 is 4.79 Å². The van der Waals surface area contributed by atoms with E-state index in [9.17, 15) is 4.79 Å². The summed E-state index contributed by atoms with van der Waals surface area (Å²) in [6, 6.07) is 3.53. The molecule has 0 spiro atoms. The Bertz CT molecular complexity index is 505. The molecule has 2 N–H and O–H groups in total. The molecule has 0 radical (unpaired) electrons. The molecule has 1 heterocycles. The van der Waals surface area contributed by atoms with Gasteiger partial charge in [-0.25, -0.2) is 0 Å². The van der Waals surface area contributed by atoms with Gasteiger partial charge in [0, 0.05) is 29.1 Å². The van der Waals surface area contributed by atoms with Crippen molar-refractivity contribution in [2.75, 3.05) is 6.54 Å². The van der Waals surface area contributed by atoms with Crippen molar-refractivity contribution >= 4 is 41.5 Å². The van der Waals surface area contributed by atoms with Gasteiger partial charge in [-0.1, -0.05) is 23.2 Å². The van der Waals surface area contributed by atoms with Crippen LogP contribution in [0, 0.1) is 0 Å². The topological polar surface area (TPSA) is 46.3 Å². The first-order valence-corrected chi connectivity index (χ1v) is 7.18. The number of halogens is 3. The van der Waals surface area contributed by atoms with Crippen LogP contribution in [-0.4, -0.2) is 23.4 Å². The molecule has 0 fully saturated rings. The maximum absolute atomic E-state index is 12.2. The Morgan fingerprint density at radius 3 is 2.75 bits per heavy atom. The Morgan fingerprint density at radius 1 is 1.50 bits per heavy atom. The minimum absolute atomic E-state index is 0. The van der Waals surface area contributed by atoms with Crippen LogP contribution in [0.2, 0.25) is 10.0 Å². The summed E-state index contributed by atoms with van der Waals surface area (Å²) < 4.78 is 0. The van der Waals surface area contributed by atoms with Crippen molar-refractivity contribution in [2.45, 2.75) is 38.8 Å². The third-order valence-corrected chi connectivity index (χ3v) is 4.09. The Balaban J connectivity index is 0.00000200. The van der Waals surface area contributed by atoms with E-state index in [1.54, 1.807) is 6.07 Å². The third kappa shape index (κ3) is 3.59. The Morgan fingerprint density at radius 2 is 2.15 bits per heavy atom. The summed E-state index contributed by atoms with van der Waals surface area (Å²) in [5.41, 5.74) is 7.84. The summed E-state index contributed by atoms with van der Waals surface area (Å²) in [7, 11) is 0. The van der Waals surface area contributed by atoms with Crippen LogP contribution in [0.25, 0.3) is 0 Å². The van der Waals surface area contributed by atoms with Gasteiger partial charge in [0.2, 0.25) is 5.91 Å². The first-order chi connectivity index (χ1) is 8.90. The quantitative estimate of drug-likeness (QED) is 0.896. The second-order valence-corrected chi connectivity index (χ2v) is 5.99. The predicted molar refractivity (Wildman–Crippen MR) is 85.8 cm³/mol. The van der Waals surface area contributed by atoms with E-state index in [0.29, 0.717) is 23.0 Å². The van der Waals surface area contributed by atoms with Gasteiger partial charge in [-0.15, -0.1) is 12.4 Å². The molecule has 1 amide bonds. The van der Waals surface area contributed by atoms with Gasteiger partial charge in [0.15, 0.2) is 0 Å². The summed E-state index contributed by atoms with van der Waals surface area (Å²) in [5, 5.41) is 1.30. The van der Waals surface area contributed by atoms with Crippen molar-refractivity contribution in [2.24, 2.45) is 5.73 Å². The number of carbonyl (C=O) groups excluding carboxylic acids is 1. The first kappa shape index (κ1) is 17.6. The summed E-state index contributed by atoms with van der Waals surface area (Å²) >= 11 is 12.3. The highest BCUT2D eigenvalue weighted by Crippen LogP contribution is 2.36. The zero-order valence-corrected chi connectivity index (χ0v) is 13.9. The monoisotopic (exact) mass is 336 g/mol. The van der Waals surface area contributed by atoms with Crippen LogP contribution >= 0.6 is 35.6 Å². The molecule has 112 valence electrons. The first-order valence-electron chi connectivity index (χ1n) is 6.43. The number of nitrogens with two attached hydrogens (primary N) is 1. The number of amides is 1. The second-order valence-electron chi connectivity index (χ2n) is 5.15. The van der Waals surface area contributed by atoms with Crippen molar-refractivity contribution in [3.63, 3.8) is 0 Å². The van der Waals surface area contributed by atoms with E-state index in [1.165, 1.54) is 0 Å². The fourth-order valence-corrected chi connectivity index (χ4v) is 3.19. The van der Waals surface area contributed by atoms with Gasteiger partial charge in [0.1, 0.15) is 0 Å². The smallest absolute Gasteiger partial charge is 0.224 e. The summed E-state index contributed by atoms with van der Waals surface area (Å²) in [6.45, 7) is 4.53. The van der Waals surface area contributed by atoms with E-state index in [2.05, 4.69) is 0 Å². The van der Waals surface area contributed by atoms with Crippen LogP contribution in [0.4, 0.5) is 0 Å². The maximum Gasteiger partial charge on any atom is 0.224 e. The molecular weight excluding hydrogens is 319 g/mol. The van der Waals surface area contributed by atoms with Gasteiger partial charge in [0.25, 0.3) is 0 Å². The van der Waals surface area contributed by atoms with Crippen LogP contribution < -0.4 is 5.73 Å². The molecule has 0 saturated heterocycles. The summed E-state index contributed by atoms with van der Waals surface area (Å²) in [5.74, 6) is 0.0873. The normalized spacial score (nSPS) is 19.1. The molecule has 6 heteroatoms. The Labute approximate surface area is 135 Å². The second kappa shape index (κ2) is 6.99. The van der Waals surface area contributed by atoms with Gasteiger partial charge in [0.05, 0.1) is 6.04 Å². The van der Waals surface area contributed by atoms with Crippen molar-refractivity contribution in [1.29, 1.82) is 0 Å². The minimum Gasteiger partial charge on any atom is -0.336 e. The molecule has 1 aromatic rings. The molecule has 2 atom stereocenters. The van der Waals surface area contributed by atoms with Gasteiger partial charge < -0.3 is 10.6 Å². The lowest BCUT2D eigenvalue weighted by atomic mass is 9.93. The van der Waals surface area contributed by atoms with Crippen LogP contribution in [0.1, 0.15) is 37.4 Å². The van der Waals surface area contributed by atoms with Crippen LogP contribution in [0.5, 0.6) is 0 Å². The highest BCUT2D eigenvalue weighted by atomic mass is 35.5. The fraction of sp³-hybridized carbons (Fsp3) is 0.500. The molecule has 3 nitrogen and oxygen atoms in total. The minimum atomic E-state index is -0.121. The van der Waals surface area contributed by atoms with E-state index in [4.69, 9.17) is 28.9 Å². The largest absolute Gasteiger partial charge is 0.336 e. The van der Waals surface area contributed by atoms with Gasteiger partial charge in [-0.3, -0.25) is 4.79 Å². The molecule has 0 saturated carbocycles. The SMILES string of the molecule is CC(N)CC(=O)N1CCc2c(Cl)cc(Cl)cc2C1C.Cl. The maximum atomic E-state index is 12.2. The molecule has 0 aromatic heterocycles. The standard InChI is InChI=1S/C14H18Cl2N2O.ClH/c1-8(17)5-14(19)18-4-3-11-12(9(18)2)6-10(15)7-13(11)16;/h6-9H,3-5,17H2,1-2H3;1H. The van der Waals surface area contributed by atoms with E-state index in [1.807, 2.05) is 24.8 Å². The van der Waals surface area contributed by atoms with Gasteiger partial charge in [-0.05, 0) is 43.5 Å². The number of benzene rings is 1. The van der Waals surface area contributed by atoms with Crippen LogP contribution in [-0.2, 0) is 11.2 Å². The molecule has 2 rings (SSSR count). The van der Waals surface area contributed by atoms with E-state index < -0.39 is 0 Å². The molecule has 2 unspecified atom stereocenters. The van der Waals surface area contributed by atoms with Crippen LogP contribution in [0.3, 0.4) is 0 Å². The average molecular weight is 338 g/mol. The lowest BCUT2D eigenvalue weighted by molar-refractivity contribution is -0.134. The molecule has 0 aliphatic carbocycles. The lowest BCUT2D eigenvalue weighted by Crippen LogP contribution is -2.41. The number of hydrogen-bond donors (Lipinski definition) is 1. The van der Waals surface area contributed by atoms with Crippen molar-refractivity contribution in [3.8, 4) is 0 Å². The van der Waals surface area contributed by atoms with Gasteiger partial charge in [-0.2, -0.15) is 0 Å². The Kier molecular flexibility index (Phi) is 6.14. The predicted octanol–water partition coefficient (Wildman–Crippen LogP) is 3.60. The number of fused-ring (bicyclic) bond motifs is 1. The zero-order chi connectivity index (χ0) is 14.2. The lowest BCUT2D eigenvalue weighted by Gasteiger charge is -2.36. The molecule has 1 aliphatic rings. The molecule has 1 aromatic carbocycles. The van der Waals surface area contributed by atoms with Crippen molar-refractivity contribution in [1.82, 2.24) is 4.90 Å². The fourth-order valence-electron chi connectivity index (χ4n) is 2.59. The highest BCUT2D eigenvalue weighted by Gasteiger charge is 2.29. The van der Waals surface area contributed by atoms with E-state index in [-0.39, 0.29) is 30.4 Å². The molecular formula is C14H19Cl3N2O. The Hall–Kier alpha value is -0.480. The number of rotatable bonds is 2. The summed E-state index contributed by atoms with van der Waals surface area (Å²) in [4.78, 5) is 14.0. The van der Waals surface area contributed by atoms with Crippen LogP contribution in [0.15, 0.2) is 12.1 Å². The number of nitrogens with zero attached hydrogens (tertiary/aromatic N) is 1. The van der Waals surface area contributed by atoms with Crippen molar-refractivity contribution in [3.05, 3.63) is 33.3 Å². The molecule has 0 bridgehead atoms. The zero-order valence-electron chi connectivity index (χ0n) is 11.5. The number of hydrogen-bond acceptors (Lipinski definition) is 2. The van der Waals surface area contributed by atoms with Gasteiger partial charge >= 0.3 is 0 Å². The summed E-state index contributed by atoms with van der Waals surface area (Å²) in [6.07, 6.45) is 1.13. The average Bonchev–Trinajstić information content (AvgIpc) is 2.29. The van der Waals surface area contributed by atoms with E-state index in [0.717, 1.165) is 17.5 Å². The third-order valence-electron chi connectivity index (χ3n) is 3.53. The molecule has 20 heavy (non-hydrogen) atoms. The number of carbonyl (C=O) groups is 1. The molecule has 1 aliphatic heterocycles. The highest BCUT2D eigenvalue weighted by molar-refractivity contribution is 6.35. The van der Waals surface area contributed by atoms with E-state index >= 15 is 0 Å².